The van der Waals surface area contributed by atoms with Crippen molar-refractivity contribution in [3.8, 4) is 5.69 Å². The Balaban J connectivity index is 1.36. The number of rotatable bonds is 4. The van der Waals surface area contributed by atoms with Crippen molar-refractivity contribution >= 4 is 71.6 Å². The van der Waals surface area contributed by atoms with Gasteiger partial charge in [0.15, 0.2) is 0 Å². The van der Waals surface area contributed by atoms with Gasteiger partial charge in [-0.25, -0.2) is 0 Å². The van der Waals surface area contributed by atoms with Gasteiger partial charge in [0.25, 0.3) is 0 Å². The number of para-hydroxylation sites is 4. The number of anilines is 3. The minimum atomic E-state index is 0.877. The summed E-state index contributed by atoms with van der Waals surface area (Å²) in [6.07, 6.45) is 0. The molecule has 0 aliphatic rings. The van der Waals surface area contributed by atoms with Gasteiger partial charge in [0.2, 0.25) is 0 Å². The van der Waals surface area contributed by atoms with Gasteiger partial charge in [-0.1, -0.05) is 97.1 Å². The van der Waals surface area contributed by atoms with Crippen molar-refractivity contribution in [1.29, 1.82) is 0 Å². The highest BCUT2D eigenvalue weighted by atomic mass is 16.3. The van der Waals surface area contributed by atoms with Crippen LogP contribution in [0.4, 0.5) is 17.1 Å². The fraction of sp³-hybridized carbons (Fsp3) is 0. The van der Waals surface area contributed by atoms with Crippen molar-refractivity contribution in [2.24, 2.45) is 0 Å². The maximum absolute atomic E-state index is 6.35. The van der Waals surface area contributed by atoms with Gasteiger partial charge in [-0.2, -0.15) is 0 Å². The highest BCUT2D eigenvalue weighted by Crippen LogP contribution is 2.44. The van der Waals surface area contributed by atoms with Crippen LogP contribution in [-0.2, 0) is 0 Å². The molecule has 0 bridgehead atoms. The summed E-state index contributed by atoms with van der Waals surface area (Å²) in [7, 11) is 0. The quantitative estimate of drug-likeness (QED) is 0.217. The highest BCUT2D eigenvalue weighted by Gasteiger charge is 2.22. The summed E-state index contributed by atoms with van der Waals surface area (Å²) in [5.41, 5.74) is 8.48. The summed E-state index contributed by atoms with van der Waals surface area (Å²) in [6, 6.07) is 56.1. The summed E-state index contributed by atoms with van der Waals surface area (Å²) >= 11 is 0. The van der Waals surface area contributed by atoms with Gasteiger partial charge in [-0.3, -0.25) is 0 Å². The molecule has 0 aliphatic carbocycles. The molecule has 2 heterocycles. The molecule has 0 atom stereocenters. The van der Waals surface area contributed by atoms with Crippen LogP contribution >= 0.6 is 0 Å². The fourth-order valence-corrected chi connectivity index (χ4v) is 6.62. The lowest BCUT2D eigenvalue weighted by Gasteiger charge is -2.27. The van der Waals surface area contributed by atoms with Crippen LogP contribution in [0.3, 0.4) is 0 Å². The Morgan fingerprint density at radius 3 is 2.07 bits per heavy atom. The van der Waals surface area contributed by atoms with Crippen LogP contribution in [-0.4, -0.2) is 4.57 Å². The fourth-order valence-electron chi connectivity index (χ4n) is 6.62. The molecular formula is C40H26N2O. The Bertz CT molecular complexity index is 2470. The zero-order valence-electron chi connectivity index (χ0n) is 23.3. The van der Waals surface area contributed by atoms with Crippen LogP contribution in [0.25, 0.3) is 60.2 Å². The number of hydrogen-bond donors (Lipinski definition) is 0. The predicted molar refractivity (Wildman–Crippen MR) is 180 cm³/mol. The Morgan fingerprint density at radius 2 is 1.16 bits per heavy atom. The molecule has 0 radical (unpaired) electrons. The summed E-state index contributed by atoms with van der Waals surface area (Å²) in [6.45, 7) is 0. The lowest BCUT2D eigenvalue weighted by Crippen LogP contribution is -2.11. The normalized spacial score (nSPS) is 11.7. The molecule has 0 saturated heterocycles. The van der Waals surface area contributed by atoms with Gasteiger partial charge >= 0.3 is 0 Å². The largest absolute Gasteiger partial charge is 0.456 e. The van der Waals surface area contributed by atoms with Crippen molar-refractivity contribution < 1.29 is 4.42 Å². The summed E-state index contributed by atoms with van der Waals surface area (Å²) in [4.78, 5) is 2.35. The van der Waals surface area contributed by atoms with E-state index in [9.17, 15) is 0 Å². The molecule has 0 unspecified atom stereocenters. The Hall–Kier alpha value is -5.80. The average Bonchev–Trinajstić information content (AvgIpc) is 3.61. The topological polar surface area (TPSA) is 21.3 Å². The lowest BCUT2D eigenvalue weighted by atomic mass is 10.1. The number of aromatic nitrogens is 1. The lowest BCUT2D eigenvalue weighted by molar-refractivity contribution is 0.669. The molecular weight excluding hydrogens is 524 g/mol. The maximum atomic E-state index is 6.35. The number of hydrogen-bond acceptors (Lipinski definition) is 2. The molecule has 3 nitrogen and oxygen atoms in total. The summed E-state index contributed by atoms with van der Waals surface area (Å²) in [5, 5.41) is 7.15. The van der Waals surface area contributed by atoms with Crippen molar-refractivity contribution in [1.82, 2.24) is 4.57 Å². The zero-order chi connectivity index (χ0) is 28.3. The van der Waals surface area contributed by atoms with E-state index in [4.69, 9.17) is 4.42 Å². The molecule has 3 heteroatoms. The first-order valence-electron chi connectivity index (χ1n) is 14.6. The monoisotopic (exact) mass is 550 g/mol. The van der Waals surface area contributed by atoms with Gasteiger partial charge < -0.3 is 13.9 Å². The van der Waals surface area contributed by atoms with Gasteiger partial charge in [0, 0.05) is 44.7 Å². The third kappa shape index (κ3) is 3.68. The van der Waals surface area contributed by atoms with E-state index in [-0.39, 0.29) is 0 Å². The minimum absolute atomic E-state index is 0.877. The van der Waals surface area contributed by atoms with Crippen LogP contribution < -0.4 is 4.90 Å². The van der Waals surface area contributed by atoms with Crippen molar-refractivity contribution in [3.63, 3.8) is 0 Å². The Kier molecular flexibility index (Phi) is 5.20. The van der Waals surface area contributed by atoms with E-state index < -0.39 is 0 Å². The first kappa shape index (κ1) is 23.9. The second kappa shape index (κ2) is 9.37. The second-order valence-electron chi connectivity index (χ2n) is 11.0. The second-order valence-corrected chi connectivity index (χ2v) is 11.0. The number of fused-ring (bicyclic) bond motifs is 7. The summed E-state index contributed by atoms with van der Waals surface area (Å²) < 4.78 is 8.77. The van der Waals surface area contributed by atoms with Gasteiger partial charge in [-0.15, -0.1) is 0 Å². The molecule has 0 saturated carbocycles. The van der Waals surface area contributed by atoms with Gasteiger partial charge in [0.05, 0.1) is 16.7 Å². The number of benzene rings is 7. The first-order valence-corrected chi connectivity index (χ1v) is 14.6. The molecule has 9 aromatic rings. The molecule has 43 heavy (non-hydrogen) atoms. The van der Waals surface area contributed by atoms with Crippen LogP contribution in [0.15, 0.2) is 162 Å². The smallest absolute Gasteiger partial charge is 0.137 e. The van der Waals surface area contributed by atoms with Crippen LogP contribution in [0.5, 0.6) is 0 Å². The van der Waals surface area contributed by atoms with Crippen LogP contribution in [0, 0.1) is 0 Å². The van der Waals surface area contributed by atoms with E-state index in [0.717, 1.165) is 50.2 Å². The van der Waals surface area contributed by atoms with Crippen molar-refractivity contribution in [2.75, 3.05) is 4.90 Å². The molecule has 0 fully saturated rings. The van der Waals surface area contributed by atoms with E-state index in [0.29, 0.717) is 0 Å². The minimum Gasteiger partial charge on any atom is -0.456 e. The average molecular weight is 551 g/mol. The van der Waals surface area contributed by atoms with Gasteiger partial charge in [0.1, 0.15) is 11.2 Å². The molecule has 0 spiro atoms. The summed E-state index contributed by atoms with van der Waals surface area (Å²) in [5.74, 6) is 0. The molecule has 202 valence electrons. The predicted octanol–water partition coefficient (Wildman–Crippen LogP) is 11.3. The zero-order valence-corrected chi connectivity index (χ0v) is 23.3. The molecule has 9 rings (SSSR count). The third-order valence-electron chi connectivity index (χ3n) is 8.54. The molecule has 0 aliphatic heterocycles. The molecule has 0 amide bonds. The van der Waals surface area contributed by atoms with E-state index in [1.807, 2.05) is 12.1 Å². The molecule has 2 aromatic heterocycles. The maximum Gasteiger partial charge on any atom is 0.137 e. The first-order chi connectivity index (χ1) is 21.3. The Morgan fingerprint density at radius 1 is 0.442 bits per heavy atom. The van der Waals surface area contributed by atoms with E-state index in [1.54, 1.807) is 0 Å². The molecule has 0 N–H and O–H groups in total. The van der Waals surface area contributed by atoms with Crippen LogP contribution in [0.2, 0.25) is 0 Å². The van der Waals surface area contributed by atoms with Crippen molar-refractivity contribution in [3.05, 3.63) is 158 Å². The standard InChI is InChI=1S/C40H26N2O/c1-2-13-29(14-3-1)41(31-23-24-34-33-16-7-9-20-38(33)43-39(34)26-31)37-19-10-17-35-32-15-6-8-18-36(32)42(40(35)37)30-22-21-27-11-4-5-12-28(27)25-30/h1-26H. The van der Waals surface area contributed by atoms with Crippen molar-refractivity contribution in [2.45, 2.75) is 0 Å². The van der Waals surface area contributed by atoms with Gasteiger partial charge in [-0.05, 0) is 65.4 Å². The van der Waals surface area contributed by atoms with E-state index >= 15 is 0 Å². The van der Waals surface area contributed by atoms with E-state index in [2.05, 4.69) is 155 Å². The number of nitrogens with zero attached hydrogens (tertiary/aromatic N) is 2. The third-order valence-corrected chi connectivity index (χ3v) is 8.54. The number of furan rings is 1. The SMILES string of the molecule is c1ccc(N(c2ccc3c(c2)oc2ccccc23)c2cccc3c4ccccc4n(-c4ccc5ccccc5c4)c23)cc1. The Labute approximate surface area is 248 Å². The molecule has 7 aromatic carbocycles. The van der Waals surface area contributed by atoms with Crippen LogP contribution in [0.1, 0.15) is 0 Å². The highest BCUT2D eigenvalue weighted by molar-refractivity contribution is 6.15. The van der Waals surface area contributed by atoms with E-state index in [1.165, 1.54) is 27.1 Å².